The molecule has 0 radical (unpaired) electrons. The van der Waals surface area contributed by atoms with Crippen LogP contribution in [0.3, 0.4) is 0 Å². The topological polar surface area (TPSA) is 88.7 Å². The fourth-order valence-electron chi connectivity index (χ4n) is 2.95. The normalized spacial score (nSPS) is 11.1. The zero-order valence-corrected chi connectivity index (χ0v) is 18.3. The van der Waals surface area contributed by atoms with E-state index in [-0.39, 0.29) is 29.7 Å². The Bertz CT molecular complexity index is 911. The van der Waals surface area contributed by atoms with Gasteiger partial charge in [0.25, 0.3) is 5.56 Å². The van der Waals surface area contributed by atoms with Crippen LogP contribution in [-0.4, -0.2) is 72.3 Å². The number of hydrogen-bond acceptors (Lipinski definition) is 5. The molecular formula is C20H30N5O3S+. The van der Waals surface area contributed by atoms with E-state index in [9.17, 15) is 14.4 Å². The van der Waals surface area contributed by atoms with Crippen LogP contribution in [0.2, 0.25) is 0 Å². The fourth-order valence-corrected chi connectivity index (χ4v) is 3.91. The predicted octanol–water partition coefficient (Wildman–Crippen LogP) is -0.382. The molecule has 9 heteroatoms. The van der Waals surface area contributed by atoms with Gasteiger partial charge in [0.15, 0.2) is 5.16 Å². The molecule has 0 saturated carbocycles. The van der Waals surface area contributed by atoms with Crippen LogP contribution in [0.4, 0.5) is 0 Å². The van der Waals surface area contributed by atoms with Crippen LogP contribution in [0, 0.1) is 0 Å². The Hall–Kier alpha value is -2.39. The molecule has 158 valence electrons. The molecule has 2 amide bonds. The molecule has 0 aliphatic heterocycles. The Balaban J connectivity index is 2.25. The maximum absolute atomic E-state index is 13.1. The first kappa shape index (κ1) is 22.9. The SMILES string of the molecule is CC[NH+](CC)CCn1c(SCC(=O)N(C)CC(=O)NC)nc2ccccc2c1=O. The summed E-state index contributed by atoms with van der Waals surface area (Å²) in [5.41, 5.74) is 0.536. The first-order chi connectivity index (χ1) is 13.9. The van der Waals surface area contributed by atoms with Gasteiger partial charge < -0.3 is 15.1 Å². The van der Waals surface area contributed by atoms with E-state index in [1.807, 2.05) is 12.1 Å². The number of nitrogens with one attached hydrogen (secondary N) is 2. The molecule has 0 unspecified atom stereocenters. The molecule has 8 nitrogen and oxygen atoms in total. The van der Waals surface area contributed by atoms with Gasteiger partial charge >= 0.3 is 0 Å². The maximum Gasteiger partial charge on any atom is 0.262 e. The Morgan fingerprint density at radius 3 is 2.59 bits per heavy atom. The first-order valence-corrected chi connectivity index (χ1v) is 10.8. The van der Waals surface area contributed by atoms with Gasteiger partial charge in [-0.2, -0.15) is 0 Å². The summed E-state index contributed by atoms with van der Waals surface area (Å²) >= 11 is 1.23. The smallest absolute Gasteiger partial charge is 0.262 e. The number of carbonyl (C=O) groups excluding carboxylic acids is 2. The van der Waals surface area contributed by atoms with Crippen LogP contribution >= 0.6 is 11.8 Å². The van der Waals surface area contributed by atoms with Crippen molar-refractivity contribution in [3.05, 3.63) is 34.6 Å². The largest absolute Gasteiger partial charge is 0.358 e. The predicted molar refractivity (Wildman–Crippen MR) is 115 cm³/mol. The summed E-state index contributed by atoms with van der Waals surface area (Å²) < 4.78 is 1.67. The Labute approximate surface area is 175 Å². The number of hydrogen-bond donors (Lipinski definition) is 2. The third-order valence-corrected chi connectivity index (χ3v) is 5.89. The van der Waals surface area contributed by atoms with Gasteiger partial charge in [0.05, 0.1) is 49.4 Å². The van der Waals surface area contributed by atoms with Gasteiger partial charge in [-0.1, -0.05) is 23.9 Å². The number of quaternary nitrogens is 1. The summed E-state index contributed by atoms with van der Waals surface area (Å²) in [4.78, 5) is 44.3. The van der Waals surface area contributed by atoms with Crippen LogP contribution in [-0.2, 0) is 16.1 Å². The van der Waals surface area contributed by atoms with Gasteiger partial charge in [0.1, 0.15) is 0 Å². The number of fused-ring (bicyclic) bond motifs is 1. The number of likely N-dealkylation sites (N-methyl/N-ethyl adjacent to an activating group) is 3. The highest BCUT2D eigenvalue weighted by Crippen LogP contribution is 2.18. The number of carbonyl (C=O) groups is 2. The van der Waals surface area contributed by atoms with Gasteiger partial charge in [-0.25, -0.2) is 4.98 Å². The van der Waals surface area contributed by atoms with Crippen molar-refractivity contribution in [1.29, 1.82) is 0 Å². The molecule has 0 saturated heterocycles. The van der Waals surface area contributed by atoms with Crippen LogP contribution in [0.5, 0.6) is 0 Å². The number of thioether (sulfide) groups is 1. The summed E-state index contributed by atoms with van der Waals surface area (Å²) in [7, 11) is 3.12. The van der Waals surface area contributed by atoms with E-state index >= 15 is 0 Å². The highest BCUT2D eigenvalue weighted by Gasteiger charge is 2.17. The van der Waals surface area contributed by atoms with E-state index in [1.165, 1.54) is 28.6 Å². The molecule has 1 aromatic heterocycles. The molecule has 0 atom stereocenters. The van der Waals surface area contributed by atoms with E-state index in [0.717, 1.165) is 19.6 Å². The highest BCUT2D eigenvalue weighted by atomic mass is 32.2. The van der Waals surface area contributed by atoms with E-state index in [4.69, 9.17) is 0 Å². The quantitative estimate of drug-likeness (QED) is 0.404. The van der Waals surface area contributed by atoms with Gasteiger partial charge in [-0.05, 0) is 26.0 Å². The van der Waals surface area contributed by atoms with Gasteiger partial charge in [0, 0.05) is 14.1 Å². The summed E-state index contributed by atoms with van der Waals surface area (Å²) in [5.74, 6) is -0.313. The van der Waals surface area contributed by atoms with Crippen LogP contribution in [0.15, 0.2) is 34.2 Å². The summed E-state index contributed by atoms with van der Waals surface area (Å²) in [6, 6.07) is 7.26. The average molecular weight is 421 g/mol. The second-order valence-electron chi connectivity index (χ2n) is 6.79. The minimum atomic E-state index is -0.228. The zero-order chi connectivity index (χ0) is 21.4. The molecule has 0 aliphatic rings. The second kappa shape index (κ2) is 11.0. The molecule has 29 heavy (non-hydrogen) atoms. The standard InChI is InChI=1S/C20H29N5O3S/c1-5-24(6-2)11-12-25-19(28)15-9-7-8-10-16(15)22-20(25)29-14-18(27)23(4)13-17(26)21-3/h7-10H,5-6,11-14H2,1-4H3,(H,21,26)/p+1. The van der Waals surface area contributed by atoms with Crippen LogP contribution in [0.1, 0.15) is 13.8 Å². The number of amides is 2. The van der Waals surface area contributed by atoms with E-state index in [2.05, 4.69) is 24.1 Å². The van der Waals surface area contributed by atoms with Gasteiger partial charge in [0.2, 0.25) is 11.8 Å². The lowest BCUT2D eigenvalue weighted by molar-refractivity contribution is -0.897. The van der Waals surface area contributed by atoms with Crippen molar-refractivity contribution in [3.63, 3.8) is 0 Å². The molecule has 0 fully saturated rings. The number of benzene rings is 1. The van der Waals surface area contributed by atoms with Gasteiger partial charge in [-0.3, -0.25) is 19.0 Å². The molecule has 0 aliphatic carbocycles. The fraction of sp³-hybridized carbons (Fsp3) is 0.500. The molecule has 0 bridgehead atoms. The minimum Gasteiger partial charge on any atom is -0.358 e. The zero-order valence-electron chi connectivity index (χ0n) is 17.5. The maximum atomic E-state index is 13.1. The summed E-state index contributed by atoms with van der Waals surface area (Å²) in [6.45, 7) is 7.56. The molecular weight excluding hydrogens is 390 g/mol. The lowest BCUT2D eigenvalue weighted by Gasteiger charge is -2.19. The van der Waals surface area contributed by atoms with Crippen LogP contribution < -0.4 is 15.8 Å². The number of nitrogens with zero attached hydrogens (tertiary/aromatic N) is 3. The van der Waals surface area contributed by atoms with Crippen molar-refractivity contribution in [2.45, 2.75) is 25.5 Å². The Kier molecular flexibility index (Phi) is 8.66. The van der Waals surface area contributed by atoms with E-state index < -0.39 is 0 Å². The average Bonchev–Trinajstić information content (AvgIpc) is 2.73. The van der Waals surface area contributed by atoms with E-state index in [1.54, 1.807) is 23.7 Å². The Morgan fingerprint density at radius 2 is 1.93 bits per heavy atom. The third kappa shape index (κ3) is 6.04. The van der Waals surface area contributed by atoms with Crippen molar-refractivity contribution in [1.82, 2.24) is 19.8 Å². The van der Waals surface area contributed by atoms with E-state index in [0.29, 0.717) is 22.6 Å². The number of aromatic nitrogens is 2. The van der Waals surface area contributed by atoms with Crippen molar-refractivity contribution in [2.75, 3.05) is 46.0 Å². The second-order valence-corrected chi connectivity index (χ2v) is 7.73. The molecule has 1 heterocycles. The summed E-state index contributed by atoms with van der Waals surface area (Å²) in [5, 5.41) is 3.61. The number of rotatable bonds is 10. The van der Waals surface area contributed by atoms with Crippen molar-refractivity contribution >= 4 is 34.5 Å². The molecule has 1 aromatic carbocycles. The first-order valence-electron chi connectivity index (χ1n) is 9.81. The van der Waals surface area contributed by atoms with Crippen molar-refractivity contribution in [3.8, 4) is 0 Å². The molecule has 2 N–H and O–H groups in total. The third-order valence-electron chi connectivity index (χ3n) is 4.93. The van der Waals surface area contributed by atoms with Crippen molar-refractivity contribution in [2.24, 2.45) is 0 Å². The summed E-state index contributed by atoms with van der Waals surface area (Å²) in [6.07, 6.45) is 0. The van der Waals surface area contributed by atoms with Gasteiger partial charge in [-0.15, -0.1) is 0 Å². The molecule has 0 spiro atoms. The monoisotopic (exact) mass is 420 g/mol. The highest BCUT2D eigenvalue weighted by molar-refractivity contribution is 7.99. The van der Waals surface area contributed by atoms with Crippen molar-refractivity contribution < 1.29 is 14.5 Å². The minimum absolute atomic E-state index is 0.000826. The molecule has 2 aromatic rings. The molecule has 2 rings (SSSR count). The van der Waals surface area contributed by atoms with Crippen LogP contribution in [0.25, 0.3) is 10.9 Å². The number of para-hydroxylation sites is 1. The lowest BCUT2D eigenvalue weighted by atomic mass is 10.2. The lowest BCUT2D eigenvalue weighted by Crippen LogP contribution is -3.11. The Morgan fingerprint density at radius 1 is 1.24 bits per heavy atom.